The van der Waals surface area contributed by atoms with Gasteiger partial charge in [-0.3, -0.25) is 0 Å². The second-order valence-corrected chi connectivity index (χ2v) is 1.44. The third-order valence-electron chi connectivity index (χ3n) is 0.474. The van der Waals surface area contributed by atoms with Crippen molar-refractivity contribution in [3.8, 4) is 0 Å². The summed E-state index contributed by atoms with van der Waals surface area (Å²) in [5, 5.41) is 31.4. The monoisotopic (exact) mass is 138 g/mol. The van der Waals surface area contributed by atoms with Crippen molar-refractivity contribution in [2.75, 3.05) is 6.61 Å². The molecule has 58 valence electrons. The third-order valence-corrected chi connectivity index (χ3v) is 0.474. The molecule has 9 heavy (non-hydrogen) atoms. The maximum Gasteiger partial charge on any atom is 0.274 e. The molecule has 0 saturated carbocycles. The zero-order valence-corrected chi connectivity index (χ0v) is 5.70. The van der Waals surface area contributed by atoms with Crippen molar-refractivity contribution in [3.63, 3.8) is 0 Å². The molecule has 0 rings (SSSR count). The highest BCUT2D eigenvalue weighted by Crippen LogP contribution is 1.95. The van der Waals surface area contributed by atoms with E-state index in [0.717, 1.165) is 0 Å². The number of rotatable bonds is 1. The lowest BCUT2D eigenvalue weighted by Crippen LogP contribution is -2.24. The minimum atomic E-state index is -2.46. The number of aliphatic hydroxyl groups is 4. The van der Waals surface area contributed by atoms with Crippen LogP contribution in [0.25, 0.3) is 0 Å². The highest BCUT2D eigenvalue weighted by molar-refractivity contribution is 4.35. The second-order valence-electron chi connectivity index (χ2n) is 1.44. The van der Waals surface area contributed by atoms with E-state index < -0.39 is 5.97 Å². The molecule has 0 heterocycles. The molecule has 4 N–H and O–H groups in total. The molecule has 0 amide bonds. The highest BCUT2D eigenvalue weighted by Gasteiger charge is 2.11. The summed E-state index contributed by atoms with van der Waals surface area (Å²) in [5.41, 5.74) is 0. The van der Waals surface area contributed by atoms with Crippen molar-refractivity contribution in [1.82, 2.24) is 0 Å². The molecule has 0 spiro atoms. The molecular weight excluding hydrogens is 124 g/mol. The van der Waals surface area contributed by atoms with Gasteiger partial charge in [0.15, 0.2) is 0 Å². The van der Waals surface area contributed by atoms with Crippen molar-refractivity contribution in [2.24, 2.45) is 0 Å². The van der Waals surface area contributed by atoms with Gasteiger partial charge < -0.3 is 20.4 Å². The summed E-state index contributed by atoms with van der Waals surface area (Å²) in [6, 6.07) is 0. The Kier molecular flexibility index (Phi) is 7.70. The van der Waals surface area contributed by atoms with Gasteiger partial charge in [0.2, 0.25) is 0 Å². The number of aliphatic hydroxyl groups excluding tert-OH is 1. The molecule has 0 fully saturated rings. The van der Waals surface area contributed by atoms with Crippen molar-refractivity contribution in [1.29, 1.82) is 0 Å². The van der Waals surface area contributed by atoms with Crippen LogP contribution in [0.15, 0.2) is 0 Å². The minimum Gasteiger partial charge on any atom is -0.397 e. The molecular formula is C5H14O4. The molecule has 0 aromatic heterocycles. The molecule has 0 saturated heterocycles. The zero-order valence-electron chi connectivity index (χ0n) is 5.70. The van der Waals surface area contributed by atoms with Crippen molar-refractivity contribution >= 4 is 0 Å². The summed E-state index contributed by atoms with van der Waals surface area (Å²) >= 11 is 0. The molecule has 0 atom stereocenters. The van der Waals surface area contributed by atoms with Crippen LogP contribution in [0.4, 0.5) is 0 Å². The molecule has 0 bridgehead atoms. The van der Waals surface area contributed by atoms with Gasteiger partial charge in [0.1, 0.15) is 0 Å². The van der Waals surface area contributed by atoms with Crippen LogP contribution in [0.3, 0.4) is 0 Å². The van der Waals surface area contributed by atoms with Crippen LogP contribution >= 0.6 is 0 Å². The van der Waals surface area contributed by atoms with Crippen LogP contribution in [0.1, 0.15) is 20.3 Å². The molecule has 4 nitrogen and oxygen atoms in total. The molecule has 0 aliphatic heterocycles. The van der Waals surface area contributed by atoms with E-state index in [1.54, 1.807) is 6.92 Å². The highest BCUT2D eigenvalue weighted by atomic mass is 16.7. The van der Waals surface area contributed by atoms with E-state index in [0.29, 0.717) is 0 Å². The van der Waals surface area contributed by atoms with Crippen molar-refractivity contribution in [3.05, 3.63) is 0 Å². The Hall–Kier alpha value is -0.160. The average molecular weight is 138 g/mol. The van der Waals surface area contributed by atoms with Gasteiger partial charge in [0.05, 0.1) is 0 Å². The van der Waals surface area contributed by atoms with Crippen LogP contribution < -0.4 is 0 Å². The predicted octanol–water partition coefficient (Wildman–Crippen LogP) is -0.974. The summed E-state index contributed by atoms with van der Waals surface area (Å²) in [5.74, 6) is -2.46. The van der Waals surface area contributed by atoms with E-state index in [1.165, 1.54) is 6.92 Å². The van der Waals surface area contributed by atoms with Crippen LogP contribution in [-0.4, -0.2) is 33.0 Å². The number of hydrogen-bond acceptors (Lipinski definition) is 4. The van der Waals surface area contributed by atoms with Crippen molar-refractivity contribution in [2.45, 2.75) is 26.2 Å². The van der Waals surface area contributed by atoms with E-state index >= 15 is 0 Å². The second kappa shape index (κ2) is 5.97. The van der Waals surface area contributed by atoms with Gasteiger partial charge in [-0.2, -0.15) is 0 Å². The fourth-order valence-electron chi connectivity index (χ4n) is 0. The van der Waals surface area contributed by atoms with Crippen LogP contribution in [0.2, 0.25) is 0 Å². The Morgan fingerprint density at radius 3 is 1.22 bits per heavy atom. The molecule has 0 aliphatic carbocycles. The molecule has 0 aromatic rings. The van der Waals surface area contributed by atoms with Gasteiger partial charge in [-0.1, -0.05) is 6.92 Å². The Morgan fingerprint density at radius 1 is 1.11 bits per heavy atom. The third kappa shape index (κ3) is 33.2. The fourth-order valence-corrected chi connectivity index (χ4v) is 0. The Bertz CT molecular complexity index is 47.4. The van der Waals surface area contributed by atoms with E-state index in [2.05, 4.69) is 0 Å². The smallest absolute Gasteiger partial charge is 0.274 e. The molecule has 0 aliphatic rings. The number of hydrogen-bond donors (Lipinski definition) is 4. The van der Waals surface area contributed by atoms with Crippen molar-refractivity contribution < 1.29 is 20.4 Å². The Labute approximate surface area is 54.4 Å². The van der Waals surface area contributed by atoms with Crippen LogP contribution in [-0.2, 0) is 0 Å². The minimum absolute atomic E-state index is 0.0625. The lowest BCUT2D eigenvalue weighted by atomic mass is 10.4. The van der Waals surface area contributed by atoms with Gasteiger partial charge in [-0.25, -0.2) is 0 Å². The summed E-state index contributed by atoms with van der Waals surface area (Å²) in [6.45, 7) is 3.39. The van der Waals surface area contributed by atoms with E-state index in [-0.39, 0.29) is 13.0 Å². The Morgan fingerprint density at radius 2 is 1.22 bits per heavy atom. The van der Waals surface area contributed by atoms with Gasteiger partial charge in [0.25, 0.3) is 5.97 Å². The predicted molar refractivity (Wildman–Crippen MR) is 32.4 cm³/mol. The van der Waals surface area contributed by atoms with E-state index in [9.17, 15) is 0 Å². The lowest BCUT2D eigenvalue weighted by Gasteiger charge is -2.08. The van der Waals surface area contributed by atoms with Gasteiger partial charge in [-0.05, 0) is 6.92 Å². The normalized spacial score (nSPS) is 10.0. The summed E-state index contributed by atoms with van der Waals surface area (Å²) in [7, 11) is 0. The first-order chi connectivity index (χ1) is 3.97. The molecule has 0 aromatic carbocycles. The maximum atomic E-state index is 7.94. The summed E-state index contributed by atoms with van der Waals surface area (Å²) in [6.07, 6.45) is -0.0625. The Balaban J connectivity index is 0. The van der Waals surface area contributed by atoms with Gasteiger partial charge >= 0.3 is 0 Å². The fraction of sp³-hybridized carbons (Fsp3) is 1.00. The van der Waals surface area contributed by atoms with Crippen LogP contribution in [0, 0.1) is 0 Å². The van der Waals surface area contributed by atoms with Gasteiger partial charge in [-0.15, -0.1) is 0 Å². The standard InChI is InChI=1S/C3H8O3.C2H6O/c1-2-3(4,5)6;1-2-3/h4-6H,2H2,1H3;3H,2H2,1H3. The lowest BCUT2D eigenvalue weighted by molar-refractivity contribution is -0.312. The van der Waals surface area contributed by atoms with Gasteiger partial charge in [0, 0.05) is 13.0 Å². The first-order valence-corrected chi connectivity index (χ1v) is 2.75. The summed E-state index contributed by atoms with van der Waals surface area (Å²) < 4.78 is 0. The van der Waals surface area contributed by atoms with Crippen LogP contribution in [0.5, 0.6) is 0 Å². The molecule has 4 heteroatoms. The average Bonchev–Trinajstić information content (AvgIpc) is 1.67. The quantitative estimate of drug-likeness (QED) is 0.351. The maximum absolute atomic E-state index is 7.94. The zero-order chi connectivity index (χ0) is 7.91. The van der Waals surface area contributed by atoms with E-state index in [1.807, 2.05) is 0 Å². The SMILES string of the molecule is CCC(O)(O)O.CCO. The first kappa shape index (κ1) is 11.6. The van der Waals surface area contributed by atoms with E-state index in [4.69, 9.17) is 20.4 Å². The largest absolute Gasteiger partial charge is 0.397 e. The first-order valence-electron chi connectivity index (χ1n) is 2.75. The topological polar surface area (TPSA) is 80.9 Å². The molecule has 0 unspecified atom stereocenters. The molecule has 0 radical (unpaired) electrons. The summed E-state index contributed by atoms with van der Waals surface area (Å²) in [4.78, 5) is 0.